The summed E-state index contributed by atoms with van der Waals surface area (Å²) in [6, 6.07) is 14.9. The summed E-state index contributed by atoms with van der Waals surface area (Å²) in [7, 11) is 1.55. The van der Waals surface area contributed by atoms with E-state index in [1.54, 1.807) is 37.1 Å². The number of nitrogens with one attached hydrogen (secondary N) is 2. The number of anilines is 2. The van der Waals surface area contributed by atoms with Gasteiger partial charge < -0.3 is 15.7 Å². The molecule has 0 spiro atoms. The van der Waals surface area contributed by atoms with Gasteiger partial charge in [-0.15, -0.1) is 5.10 Å². The quantitative estimate of drug-likeness (QED) is 0.335. The summed E-state index contributed by atoms with van der Waals surface area (Å²) >= 11 is 0. The van der Waals surface area contributed by atoms with E-state index in [1.165, 1.54) is 0 Å². The molecule has 182 valence electrons. The topological polar surface area (TPSA) is 136 Å². The van der Waals surface area contributed by atoms with Gasteiger partial charge in [0.1, 0.15) is 12.1 Å². The number of hydrogen-bond acceptors (Lipinski definition) is 8. The molecule has 11 heteroatoms. The predicted molar refractivity (Wildman–Crippen MR) is 135 cm³/mol. The van der Waals surface area contributed by atoms with Gasteiger partial charge in [-0.3, -0.25) is 9.36 Å². The first-order valence-electron chi connectivity index (χ1n) is 11.4. The Hall–Kier alpha value is -4.64. The van der Waals surface area contributed by atoms with Crippen molar-refractivity contribution >= 4 is 28.4 Å². The fraction of sp³-hybridized carbons (Fsp3) is 0.200. The van der Waals surface area contributed by atoms with Gasteiger partial charge in [-0.25, -0.2) is 14.6 Å². The van der Waals surface area contributed by atoms with Gasteiger partial charge in [0.05, 0.1) is 22.8 Å². The zero-order chi connectivity index (χ0) is 25.4. The van der Waals surface area contributed by atoms with Crippen LogP contribution in [-0.4, -0.2) is 52.6 Å². The average Bonchev–Trinajstić information content (AvgIpc) is 3.47. The van der Waals surface area contributed by atoms with Crippen LogP contribution < -0.4 is 10.6 Å². The third-order valence-electron chi connectivity index (χ3n) is 5.75. The Bertz CT molecular complexity index is 1570. The number of rotatable bonds is 6. The molecule has 0 bridgehead atoms. The van der Waals surface area contributed by atoms with Crippen LogP contribution in [0.2, 0.25) is 0 Å². The Morgan fingerprint density at radius 1 is 1.06 bits per heavy atom. The van der Waals surface area contributed by atoms with Crippen molar-refractivity contribution in [2.24, 2.45) is 0 Å². The van der Waals surface area contributed by atoms with E-state index in [9.17, 15) is 9.90 Å². The zero-order valence-electron chi connectivity index (χ0n) is 20.3. The van der Waals surface area contributed by atoms with Crippen LogP contribution >= 0.6 is 0 Å². The molecule has 1 aromatic carbocycles. The number of imidazole rings is 1. The molecular formula is C25H25N9O2. The number of aliphatic hydroxyl groups is 1. The van der Waals surface area contributed by atoms with Crippen LogP contribution in [-0.2, 0) is 0 Å². The number of aryl methyl sites for hydroxylation is 2. The fourth-order valence-corrected chi connectivity index (χ4v) is 3.89. The highest BCUT2D eigenvalue weighted by Crippen LogP contribution is 2.26. The van der Waals surface area contributed by atoms with E-state index < -0.39 is 6.10 Å². The van der Waals surface area contributed by atoms with Crippen molar-refractivity contribution in [3.05, 3.63) is 77.5 Å². The lowest BCUT2D eigenvalue weighted by Gasteiger charge is -2.15. The number of benzene rings is 1. The molecule has 1 unspecified atom stereocenters. The number of carbonyl (C=O) groups excluding carboxylic acids is 1. The zero-order valence-corrected chi connectivity index (χ0v) is 20.3. The molecular weight excluding hydrogens is 458 g/mol. The highest BCUT2D eigenvalue weighted by molar-refractivity contribution is 5.92. The minimum atomic E-state index is -0.786. The van der Waals surface area contributed by atoms with E-state index in [1.807, 2.05) is 54.8 Å². The molecule has 0 saturated carbocycles. The van der Waals surface area contributed by atoms with Crippen molar-refractivity contribution in [1.29, 1.82) is 0 Å². The summed E-state index contributed by atoms with van der Waals surface area (Å²) in [6.45, 7) is 5.38. The second-order valence-corrected chi connectivity index (χ2v) is 8.42. The molecule has 4 aromatic heterocycles. The first-order valence-corrected chi connectivity index (χ1v) is 11.4. The normalized spacial score (nSPS) is 12.0. The van der Waals surface area contributed by atoms with Gasteiger partial charge in [-0.2, -0.15) is 10.2 Å². The number of pyridine rings is 1. The van der Waals surface area contributed by atoms with Crippen LogP contribution in [0.15, 0.2) is 54.9 Å². The SMILES string of the molecule is CNC(=O)c1cc(C)n(-c2nc(-n3cnc4cc(Nc5ccc(C)nn5)ccc43)ccc2C(C)O)n1. The molecule has 11 nitrogen and oxygen atoms in total. The number of amides is 1. The minimum Gasteiger partial charge on any atom is -0.389 e. The lowest BCUT2D eigenvalue weighted by Crippen LogP contribution is -2.19. The highest BCUT2D eigenvalue weighted by atomic mass is 16.3. The summed E-state index contributed by atoms with van der Waals surface area (Å²) in [6.07, 6.45) is 0.909. The van der Waals surface area contributed by atoms with E-state index in [0.29, 0.717) is 28.7 Å². The first-order chi connectivity index (χ1) is 17.3. The number of nitrogens with zero attached hydrogens (tertiary/aromatic N) is 7. The van der Waals surface area contributed by atoms with Gasteiger partial charge in [0.25, 0.3) is 5.91 Å². The van der Waals surface area contributed by atoms with Crippen LogP contribution in [0, 0.1) is 13.8 Å². The number of hydrogen-bond donors (Lipinski definition) is 3. The van der Waals surface area contributed by atoms with Crippen molar-refractivity contribution in [3.8, 4) is 11.6 Å². The summed E-state index contributed by atoms with van der Waals surface area (Å²) in [5, 5.41) is 28.8. The second kappa shape index (κ2) is 9.19. The molecule has 0 aliphatic heterocycles. The third kappa shape index (κ3) is 4.27. The molecule has 1 atom stereocenters. The Morgan fingerprint density at radius 3 is 2.61 bits per heavy atom. The Morgan fingerprint density at radius 2 is 1.89 bits per heavy atom. The van der Waals surface area contributed by atoms with Crippen LogP contribution in [0.5, 0.6) is 0 Å². The van der Waals surface area contributed by atoms with Gasteiger partial charge in [0, 0.05) is 24.0 Å². The van der Waals surface area contributed by atoms with Crippen LogP contribution in [0.25, 0.3) is 22.7 Å². The van der Waals surface area contributed by atoms with Crippen molar-refractivity contribution in [1.82, 2.24) is 39.8 Å². The van der Waals surface area contributed by atoms with E-state index >= 15 is 0 Å². The van der Waals surface area contributed by atoms with Crippen LogP contribution in [0.4, 0.5) is 11.5 Å². The standard InChI is InChI=1S/C25H25N9O2/c1-14-5-9-22(31-30-14)28-17-6-8-21-19(12-17)27-13-33(21)23-10-7-18(16(3)35)24(29-23)34-15(2)11-20(32-34)25(36)26-4/h5-13,16,35H,1-4H3,(H,26,36)(H,28,31). The van der Waals surface area contributed by atoms with Gasteiger partial charge >= 0.3 is 0 Å². The molecule has 0 aliphatic rings. The molecule has 0 aliphatic carbocycles. The Balaban J connectivity index is 1.54. The average molecular weight is 484 g/mol. The molecule has 0 fully saturated rings. The molecule has 36 heavy (non-hydrogen) atoms. The minimum absolute atomic E-state index is 0.269. The number of fused-ring (bicyclic) bond motifs is 1. The highest BCUT2D eigenvalue weighted by Gasteiger charge is 2.19. The predicted octanol–water partition coefficient (Wildman–Crippen LogP) is 3.17. The van der Waals surface area contributed by atoms with Crippen LogP contribution in [0.3, 0.4) is 0 Å². The van der Waals surface area contributed by atoms with E-state index in [4.69, 9.17) is 4.98 Å². The first kappa shape index (κ1) is 23.1. The molecule has 1 amide bonds. The number of aromatic nitrogens is 7. The lowest BCUT2D eigenvalue weighted by atomic mass is 10.1. The van der Waals surface area contributed by atoms with Gasteiger partial charge in [-0.05, 0) is 69.3 Å². The van der Waals surface area contributed by atoms with E-state index in [2.05, 4.69) is 30.9 Å². The van der Waals surface area contributed by atoms with E-state index in [-0.39, 0.29) is 11.6 Å². The summed E-state index contributed by atoms with van der Waals surface area (Å²) in [5.74, 6) is 1.38. The fourth-order valence-electron chi connectivity index (χ4n) is 3.89. The monoisotopic (exact) mass is 483 g/mol. The number of aliphatic hydroxyl groups excluding tert-OH is 1. The van der Waals surface area contributed by atoms with Gasteiger partial charge in [-0.1, -0.05) is 0 Å². The Labute approximate surface area is 206 Å². The smallest absolute Gasteiger partial charge is 0.271 e. The molecule has 0 radical (unpaired) electrons. The second-order valence-electron chi connectivity index (χ2n) is 8.42. The maximum absolute atomic E-state index is 12.1. The summed E-state index contributed by atoms with van der Waals surface area (Å²) in [4.78, 5) is 21.5. The van der Waals surface area contributed by atoms with E-state index in [0.717, 1.165) is 22.4 Å². The summed E-state index contributed by atoms with van der Waals surface area (Å²) < 4.78 is 3.43. The largest absolute Gasteiger partial charge is 0.389 e. The van der Waals surface area contributed by atoms with Crippen molar-refractivity contribution < 1.29 is 9.90 Å². The molecule has 5 rings (SSSR count). The number of carbonyl (C=O) groups is 1. The van der Waals surface area contributed by atoms with Crippen molar-refractivity contribution in [2.45, 2.75) is 26.9 Å². The molecule has 3 N–H and O–H groups in total. The van der Waals surface area contributed by atoms with Crippen molar-refractivity contribution in [2.75, 3.05) is 12.4 Å². The summed E-state index contributed by atoms with van der Waals surface area (Å²) in [5.41, 5.74) is 4.86. The van der Waals surface area contributed by atoms with Gasteiger partial charge in [0.2, 0.25) is 0 Å². The third-order valence-corrected chi connectivity index (χ3v) is 5.75. The maximum atomic E-state index is 12.1. The lowest BCUT2D eigenvalue weighted by molar-refractivity contribution is 0.0957. The van der Waals surface area contributed by atoms with Gasteiger partial charge in [0.15, 0.2) is 17.3 Å². The van der Waals surface area contributed by atoms with Crippen molar-refractivity contribution in [3.63, 3.8) is 0 Å². The van der Waals surface area contributed by atoms with Crippen LogP contribution in [0.1, 0.15) is 40.5 Å². The Kier molecular flexibility index (Phi) is 5.90. The molecule has 0 saturated heterocycles. The molecule has 5 aromatic rings. The molecule has 4 heterocycles. The maximum Gasteiger partial charge on any atom is 0.271 e.